The highest BCUT2D eigenvalue weighted by Crippen LogP contribution is 2.29. The molecule has 0 aliphatic carbocycles. The van der Waals surface area contributed by atoms with E-state index in [9.17, 15) is 0 Å². The number of hydrogen-bond donors (Lipinski definition) is 1. The first-order valence-corrected chi connectivity index (χ1v) is 4.05. The molecule has 1 saturated heterocycles. The van der Waals surface area contributed by atoms with Crippen LogP contribution in [0.5, 0.6) is 0 Å². The van der Waals surface area contributed by atoms with E-state index >= 15 is 0 Å². The first-order chi connectivity index (χ1) is 5.09. The Labute approximate surface area is 67.3 Å². The molecule has 66 valence electrons. The molecule has 0 aromatic carbocycles. The molecule has 1 rings (SSSR count). The van der Waals surface area contributed by atoms with Crippen LogP contribution in [0.3, 0.4) is 0 Å². The van der Waals surface area contributed by atoms with Gasteiger partial charge in [0.05, 0.1) is 12.7 Å². The average molecular weight is 160 g/mol. The predicted molar refractivity (Wildman–Crippen MR) is 41.2 cm³/mol. The van der Waals surface area contributed by atoms with Gasteiger partial charge in [-0.15, -0.1) is 0 Å². The van der Waals surface area contributed by atoms with E-state index < -0.39 is 5.79 Å². The molecule has 1 aliphatic heterocycles. The Balaban J connectivity index is 2.55. The van der Waals surface area contributed by atoms with Crippen molar-refractivity contribution in [2.45, 2.75) is 45.2 Å². The van der Waals surface area contributed by atoms with Gasteiger partial charge < -0.3 is 14.6 Å². The molecule has 2 atom stereocenters. The van der Waals surface area contributed by atoms with E-state index in [0.29, 0.717) is 0 Å². The van der Waals surface area contributed by atoms with Crippen molar-refractivity contribution in [2.75, 3.05) is 6.61 Å². The molecule has 0 unspecified atom stereocenters. The van der Waals surface area contributed by atoms with Crippen LogP contribution in [0, 0.1) is 0 Å². The largest absolute Gasteiger partial charge is 0.394 e. The molecule has 0 radical (unpaired) electrons. The van der Waals surface area contributed by atoms with Crippen molar-refractivity contribution < 1.29 is 14.6 Å². The Morgan fingerprint density at radius 3 is 2.18 bits per heavy atom. The van der Waals surface area contributed by atoms with Crippen molar-refractivity contribution in [1.29, 1.82) is 0 Å². The summed E-state index contributed by atoms with van der Waals surface area (Å²) in [6.07, 6.45) is 0.791. The molecule has 3 heteroatoms. The fourth-order valence-electron chi connectivity index (χ4n) is 1.41. The number of ether oxygens (including phenoxy) is 2. The maximum atomic E-state index is 8.89. The van der Waals surface area contributed by atoms with Crippen molar-refractivity contribution in [3.05, 3.63) is 0 Å². The summed E-state index contributed by atoms with van der Waals surface area (Å²) in [5, 5.41) is 8.89. The van der Waals surface area contributed by atoms with Crippen molar-refractivity contribution in [3.63, 3.8) is 0 Å². The Bertz CT molecular complexity index is 119. The van der Waals surface area contributed by atoms with Crippen molar-refractivity contribution in [2.24, 2.45) is 0 Å². The van der Waals surface area contributed by atoms with Gasteiger partial charge in [-0.25, -0.2) is 0 Å². The lowest BCUT2D eigenvalue weighted by molar-refractivity contribution is -0.149. The quantitative estimate of drug-likeness (QED) is 0.652. The number of hydrogen-bond acceptors (Lipinski definition) is 3. The van der Waals surface area contributed by atoms with Crippen LogP contribution in [-0.4, -0.2) is 29.7 Å². The third-order valence-corrected chi connectivity index (χ3v) is 1.87. The Hall–Kier alpha value is -0.120. The highest BCUT2D eigenvalue weighted by molar-refractivity contribution is 4.79. The molecule has 0 spiro atoms. The fourth-order valence-corrected chi connectivity index (χ4v) is 1.41. The van der Waals surface area contributed by atoms with Crippen LogP contribution in [0.25, 0.3) is 0 Å². The van der Waals surface area contributed by atoms with Crippen molar-refractivity contribution in [1.82, 2.24) is 0 Å². The van der Waals surface area contributed by atoms with Crippen LogP contribution in [0.4, 0.5) is 0 Å². The summed E-state index contributed by atoms with van der Waals surface area (Å²) < 4.78 is 10.9. The van der Waals surface area contributed by atoms with Crippen LogP contribution >= 0.6 is 0 Å². The Kier molecular flexibility index (Phi) is 2.52. The van der Waals surface area contributed by atoms with Gasteiger partial charge in [-0.1, -0.05) is 6.92 Å². The Morgan fingerprint density at radius 2 is 1.82 bits per heavy atom. The number of rotatable bonds is 2. The molecule has 1 heterocycles. The minimum Gasteiger partial charge on any atom is -0.394 e. The molecular weight excluding hydrogens is 144 g/mol. The monoisotopic (exact) mass is 160 g/mol. The third-order valence-electron chi connectivity index (χ3n) is 1.87. The minimum atomic E-state index is -0.520. The molecule has 0 amide bonds. The lowest BCUT2D eigenvalue weighted by Gasteiger charge is -2.16. The van der Waals surface area contributed by atoms with Gasteiger partial charge in [-0.2, -0.15) is 0 Å². The zero-order valence-corrected chi connectivity index (χ0v) is 7.33. The van der Waals surface area contributed by atoms with E-state index in [2.05, 4.69) is 0 Å². The van der Waals surface area contributed by atoms with Gasteiger partial charge in [0.15, 0.2) is 5.79 Å². The SMILES string of the molecule is CC[C@H]1OC(C)(C)O[C@H]1CO. The third kappa shape index (κ3) is 1.92. The lowest BCUT2D eigenvalue weighted by Crippen LogP contribution is -2.25. The van der Waals surface area contributed by atoms with Gasteiger partial charge in [-0.3, -0.25) is 0 Å². The van der Waals surface area contributed by atoms with E-state index in [-0.39, 0.29) is 18.8 Å². The average Bonchev–Trinajstić information content (AvgIpc) is 2.25. The maximum Gasteiger partial charge on any atom is 0.163 e. The molecule has 0 saturated carbocycles. The first kappa shape index (κ1) is 8.97. The van der Waals surface area contributed by atoms with Gasteiger partial charge in [0.25, 0.3) is 0 Å². The summed E-state index contributed by atoms with van der Waals surface area (Å²) in [7, 11) is 0. The van der Waals surface area contributed by atoms with Crippen LogP contribution in [0.1, 0.15) is 27.2 Å². The molecule has 1 aliphatic rings. The zero-order chi connectivity index (χ0) is 8.48. The van der Waals surface area contributed by atoms with Crippen molar-refractivity contribution >= 4 is 0 Å². The van der Waals surface area contributed by atoms with Gasteiger partial charge >= 0.3 is 0 Å². The second-order valence-corrected chi connectivity index (χ2v) is 3.30. The van der Waals surface area contributed by atoms with Crippen LogP contribution < -0.4 is 0 Å². The van der Waals surface area contributed by atoms with Gasteiger partial charge in [0.2, 0.25) is 0 Å². The fraction of sp³-hybridized carbons (Fsp3) is 1.00. The Morgan fingerprint density at radius 1 is 1.27 bits per heavy atom. The summed E-state index contributed by atoms with van der Waals surface area (Å²) in [5.41, 5.74) is 0. The predicted octanol–water partition coefficient (Wildman–Crippen LogP) is 0.909. The van der Waals surface area contributed by atoms with Gasteiger partial charge in [0.1, 0.15) is 6.10 Å². The highest BCUT2D eigenvalue weighted by atomic mass is 16.8. The van der Waals surface area contributed by atoms with Crippen molar-refractivity contribution in [3.8, 4) is 0 Å². The smallest absolute Gasteiger partial charge is 0.163 e. The summed E-state index contributed by atoms with van der Waals surface area (Å²) >= 11 is 0. The summed E-state index contributed by atoms with van der Waals surface area (Å²) in [5.74, 6) is -0.520. The first-order valence-electron chi connectivity index (χ1n) is 4.05. The molecule has 1 fully saturated rings. The van der Waals surface area contributed by atoms with E-state index in [1.807, 2.05) is 20.8 Å². The molecule has 0 aromatic rings. The summed E-state index contributed by atoms with van der Waals surface area (Å²) in [6, 6.07) is 0. The van der Waals surface area contributed by atoms with Gasteiger partial charge in [-0.05, 0) is 20.3 Å². The standard InChI is InChI=1S/C8H16O3/c1-4-6-7(5-9)11-8(2,3)10-6/h6-7,9H,4-5H2,1-3H3/t6-,7+/m1/s1. The van der Waals surface area contributed by atoms with Crippen LogP contribution in [0.2, 0.25) is 0 Å². The number of aliphatic hydroxyl groups excluding tert-OH is 1. The molecule has 0 bridgehead atoms. The normalized spacial score (nSPS) is 36.0. The molecular formula is C8H16O3. The minimum absolute atomic E-state index is 0.0436. The topological polar surface area (TPSA) is 38.7 Å². The molecule has 11 heavy (non-hydrogen) atoms. The summed E-state index contributed by atoms with van der Waals surface area (Å²) in [4.78, 5) is 0. The van der Waals surface area contributed by atoms with Gasteiger partial charge in [0, 0.05) is 0 Å². The van der Waals surface area contributed by atoms with E-state index in [1.54, 1.807) is 0 Å². The maximum absolute atomic E-state index is 8.89. The van der Waals surface area contributed by atoms with E-state index in [4.69, 9.17) is 14.6 Å². The second-order valence-electron chi connectivity index (χ2n) is 3.30. The summed E-state index contributed by atoms with van der Waals surface area (Å²) in [6.45, 7) is 5.80. The van der Waals surface area contributed by atoms with Crippen LogP contribution in [0.15, 0.2) is 0 Å². The lowest BCUT2D eigenvalue weighted by atomic mass is 10.2. The molecule has 3 nitrogen and oxygen atoms in total. The van der Waals surface area contributed by atoms with E-state index in [1.165, 1.54) is 0 Å². The van der Waals surface area contributed by atoms with Crippen LogP contribution in [-0.2, 0) is 9.47 Å². The zero-order valence-electron chi connectivity index (χ0n) is 7.33. The second kappa shape index (κ2) is 3.09. The highest BCUT2D eigenvalue weighted by Gasteiger charge is 2.39. The molecule has 1 N–H and O–H groups in total. The molecule has 0 aromatic heterocycles. The van der Waals surface area contributed by atoms with E-state index in [0.717, 1.165) is 6.42 Å². The number of aliphatic hydroxyl groups is 1.